The Balaban J connectivity index is 1.60. The Kier molecular flexibility index (Phi) is 5.59. The molecule has 2 aromatic carbocycles. The van der Waals surface area contributed by atoms with Crippen molar-refractivity contribution >= 4 is 5.91 Å². The Morgan fingerprint density at radius 3 is 2.76 bits per heavy atom. The SMILES string of the molecule is COc1cccc(CC(C)NC(=O)c2ccccc2OCC2CC2)c1. The van der Waals surface area contributed by atoms with Gasteiger partial charge in [0, 0.05) is 6.04 Å². The van der Waals surface area contributed by atoms with Crippen LogP contribution in [0.5, 0.6) is 11.5 Å². The van der Waals surface area contributed by atoms with E-state index in [1.54, 1.807) is 7.11 Å². The van der Waals surface area contributed by atoms with Gasteiger partial charge in [-0.3, -0.25) is 4.79 Å². The number of hydrogen-bond donors (Lipinski definition) is 1. The van der Waals surface area contributed by atoms with Gasteiger partial charge in [0.1, 0.15) is 11.5 Å². The number of carbonyl (C=O) groups is 1. The Hall–Kier alpha value is -2.49. The van der Waals surface area contributed by atoms with Gasteiger partial charge in [-0.2, -0.15) is 0 Å². The lowest BCUT2D eigenvalue weighted by atomic mass is 10.1. The first-order chi connectivity index (χ1) is 12.2. The summed E-state index contributed by atoms with van der Waals surface area (Å²) in [6.07, 6.45) is 3.20. The molecule has 0 bridgehead atoms. The van der Waals surface area contributed by atoms with Gasteiger partial charge in [0.15, 0.2) is 0 Å². The molecule has 1 aliphatic rings. The molecule has 132 valence electrons. The molecule has 25 heavy (non-hydrogen) atoms. The van der Waals surface area contributed by atoms with E-state index >= 15 is 0 Å². The van der Waals surface area contributed by atoms with Crippen LogP contribution >= 0.6 is 0 Å². The highest BCUT2D eigenvalue weighted by atomic mass is 16.5. The number of hydrogen-bond acceptors (Lipinski definition) is 3. The van der Waals surface area contributed by atoms with Crippen molar-refractivity contribution in [3.63, 3.8) is 0 Å². The van der Waals surface area contributed by atoms with Crippen molar-refractivity contribution in [2.75, 3.05) is 13.7 Å². The molecule has 1 atom stereocenters. The summed E-state index contributed by atoms with van der Waals surface area (Å²) < 4.78 is 11.1. The molecule has 4 nitrogen and oxygen atoms in total. The van der Waals surface area contributed by atoms with E-state index < -0.39 is 0 Å². The fourth-order valence-corrected chi connectivity index (χ4v) is 2.78. The van der Waals surface area contributed by atoms with Gasteiger partial charge in [-0.25, -0.2) is 0 Å². The molecule has 0 saturated heterocycles. The fourth-order valence-electron chi connectivity index (χ4n) is 2.78. The number of ether oxygens (including phenoxy) is 2. The molecule has 1 unspecified atom stereocenters. The molecule has 0 spiro atoms. The molecule has 1 fully saturated rings. The van der Waals surface area contributed by atoms with Crippen LogP contribution in [-0.2, 0) is 6.42 Å². The summed E-state index contributed by atoms with van der Waals surface area (Å²) in [5.41, 5.74) is 1.73. The summed E-state index contributed by atoms with van der Waals surface area (Å²) in [4.78, 5) is 12.6. The van der Waals surface area contributed by atoms with E-state index in [1.807, 2.05) is 55.5 Å². The number of rotatable bonds is 8. The quantitative estimate of drug-likeness (QED) is 0.795. The minimum Gasteiger partial charge on any atom is -0.497 e. The second-order valence-electron chi connectivity index (χ2n) is 6.68. The van der Waals surface area contributed by atoms with Gasteiger partial charge in [0.25, 0.3) is 5.91 Å². The van der Waals surface area contributed by atoms with Gasteiger partial charge >= 0.3 is 0 Å². The van der Waals surface area contributed by atoms with E-state index in [1.165, 1.54) is 12.8 Å². The third-order valence-corrected chi connectivity index (χ3v) is 4.36. The third-order valence-electron chi connectivity index (χ3n) is 4.36. The molecule has 2 aromatic rings. The maximum atomic E-state index is 12.6. The predicted octanol–water partition coefficient (Wildman–Crippen LogP) is 3.85. The molecular weight excluding hydrogens is 314 g/mol. The van der Waals surface area contributed by atoms with Crippen molar-refractivity contribution in [3.05, 3.63) is 59.7 Å². The van der Waals surface area contributed by atoms with E-state index in [9.17, 15) is 4.79 Å². The second kappa shape index (κ2) is 8.06. The number of benzene rings is 2. The summed E-state index contributed by atoms with van der Waals surface area (Å²) in [5.74, 6) is 2.06. The van der Waals surface area contributed by atoms with Crippen molar-refractivity contribution < 1.29 is 14.3 Å². The number of amides is 1. The molecule has 0 radical (unpaired) electrons. The maximum absolute atomic E-state index is 12.6. The van der Waals surface area contributed by atoms with E-state index in [-0.39, 0.29) is 11.9 Å². The van der Waals surface area contributed by atoms with Crippen LogP contribution in [0.4, 0.5) is 0 Å². The lowest BCUT2D eigenvalue weighted by Gasteiger charge is -2.16. The van der Waals surface area contributed by atoms with Gasteiger partial charge in [-0.1, -0.05) is 24.3 Å². The van der Waals surface area contributed by atoms with E-state index in [2.05, 4.69) is 5.32 Å². The molecule has 1 saturated carbocycles. The summed E-state index contributed by atoms with van der Waals surface area (Å²) in [7, 11) is 1.66. The number of para-hydroxylation sites is 1. The van der Waals surface area contributed by atoms with Crippen LogP contribution in [0.25, 0.3) is 0 Å². The number of carbonyl (C=O) groups excluding carboxylic acids is 1. The lowest BCUT2D eigenvalue weighted by molar-refractivity contribution is 0.0935. The Morgan fingerprint density at radius 2 is 2.00 bits per heavy atom. The van der Waals surface area contributed by atoms with Crippen LogP contribution in [-0.4, -0.2) is 25.7 Å². The number of nitrogens with one attached hydrogen (secondary N) is 1. The van der Waals surface area contributed by atoms with Gasteiger partial charge < -0.3 is 14.8 Å². The van der Waals surface area contributed by atoms with Gasteiger partial charge in [0.2, 0.25) is 0 Å². The average molecular weight is 339 g/mol. The van der Waals surface area contributed by atoms with Crippen LogP contribution in [0.1, 0.15) is 35.7 Å². The van der Waals surface area contributed by atoms with Crippen LogP contribution in [0.2, 0.25) is 0 Å². The summed E-state index contributed by atoms with van der Waals surface area (Å²) >= 11 is 0. The van der Waals surface area contributed by atoms with Gasteiger partial charge in [-0.05, 0) is 61.9 Å². The zero-order chi connectivity index (χ0) is 17.6. The number of methoxy groups -OCH3 is 1. The normalized spacial score (nSPS) is 14.6. The zero-order valence-corrected chi connectivity index (χ0v) is 14.8. The highest BCUT2D eigenvalue weighted by Crippen LogP contribution is 2.30. The van der Waals surface area contributed by atoms with Crippen LogP contribution in [0.3, 0.4) is 0 Å². The topological polar surface area (TPSA) is 47.6 Å². The molecular formula is C21H25NO3. The largest absolute Gasteiger partial charge is 0.497 e. The van der Waals surface area contributed by atoms with Crippen LogP contribution in [0.15, 0.2) is 48.5 Å². The maximum Gasteiger partial charge on any atom is 0.255 e. The minimum absolute atomic E-state index is 0.0103. The van der Waals surface area contributed by atoms with Crippen molar-refractivity contribution in [1.82, 2.24) is 5.32 Å². The molecule has 1 N–H and O–H groups in total. The molecule has 3 rings (SSSR count). The van der Waals surface area contributed by atoms with E-state index in [0.717, 1.165) is 17.7 Å². The summed E-state index contributed by atoms with van der Waals surface area (Å²) in [6.45, 7) is 2.70. The van der Waals surface area contributed by atoms with Crippen molar-refractivity contribution in [2.45, 2.75) is 32.2 Å². The third kappa shape index (κ3) is 4.99. The second-order valence-corrected chi connectivity index (χ2v) is 6.68. The molecule has 0 heterocycles. The zero-order valence-electron chi connectivity index (χ0n) is 14.8. The highest BCUT2D eigenvalue weighted by Gasteiger charge is 2.23. The Labute approximate surface area is 149 Å². The first-order valence-electron chi connectivity index (χ1n) is 8.81. The van der Waals surface area contributed by atoms with Crippen LogP contribution in [0, 0.1) is 5.92 Å². The molecule has 0 aliphatic heterocycles. The molecule has 0 aromatic heterocycles. The van der Waals surface area contributed by atoms with E-state index in [0.29, 0.717) is 23.8 Å². The Bertz CT molecular complexity index is 725. The first-order valence-corrected chi connectivity index (χ1v) is 8.81. The smallest absolute Gasteiger partial charge is 0.255 e. The standard InChI is InChI=1S/C21H25NO3/c1-15(12-17-6-5-7-18(13-17)24-2)22-21(23)19-8-3-4-9-20(19)25-14-16-10-11-16/h3-9,13,15-16H,10-12,14H2,1-2H3,(H,22,23). The van der Waals surface area contributed by atoms with Gasteiger partial charge in [0.05, 0.1) is 19.3 Å². The van der Waals surface area contributed by atoms with Crippen molar-refractivity contribution in [1.29, 1.82) is 0 Å². The van der Waals surface area contributed by atoms with Gasteiger partial charge in [-0.15, -0.1) is 0 Å². The Morgan fingerprint density at radius 1 is 1.20 bits per heavy atom. The van der Waals surface area contributed by atoms with E-state index in [4.69, 9.17) is 9.47 Å². The summed E-state index contributed by atoms with van der Waals surface area (Å²) in [6, 6.07) is 15.4. The molecule has 4 heteroatoms. The lowest BCUT2D eigenvalue weighted by Crippen LogP contribution is -2.34. The van der Waals surface area contributed by atoms with Crippen LogP contribution < -0.4 is 14.8 Å². The van der Waals surface area contributed by atoms with Crippen molar-refractivity contribution in [2.24, 2.45) is 5.92 Å². The average Bonchev–Trinajstić information content (AvgIpc) is 3.44. The predicted molar refractivity (Wildman–Crippen MR) is 98.3 cm³/mol. The van der Waals surface area contributed by atoms with Crippen molar-refractivity contribution in [3.8, 4) is 11.5 Å². The summed E-state index contributed by atoms with van der Waals surface area (Å²) in [5, 5.41) is 3.07. The minimum atomic E-state index is -0.0956. The molecule has 1 aliphatic carbocycles. The fraction of sp³-hybridized carbons (Fsp3) is 0.381. The molecule has 1 amide bonds. The first kappa shape index (κ1) is 17.3. The monoisotopic (exact) mass is 339 g/mol. The highest BCUT2D eigenvalue weighted by molar-refractivity contribution is 5.97.